The Labute approximate surface area is 120 Å². The Kier molecular flexibility index (Phi) is 4.84. The van der Waals surface area contributed by atoms with Gasteiger partial charge in [0.1, 0.15) is 5.75 Å². The zero-order valence-corrected chi connectivity index (χ0v) is 12.1. The van der Waals surface area contributed by atoms with Gasteiger partial charge in [0, 0.05) is 18.6 Å². The van der Waals surface area contributed by atoms with Gasteiger partial charge in [-0.15, -0.1) is 0 Å². The summed E-state index contributed by atoms with van der Waals surface area (Å²) in [6.45, 7) is 2.58. The van der Waals surface area contributed by atoms with Crippen molar-refractivity contribution >= 4 is 11.7 Å². The first-order chi connectivity index (χ1) is 9.67. The molecule has 0 aliphatic carbocycles. The molecule has 1 aromatic carbocycles. The third kappa shape index (κ3) is 3.04. The van der Waals surface area contributed by atoms with E-state index in [4.69, 9.17) is 10.5 Å². The molecule has 1 heterocycles. The molecule has 1 fully saturated rings. The zero-order valence-electron chi connectivity index (χ0n) is 12.1. The lowest BCUT2D eigenvalue weighted by molar-refractivity contribution is 0.128. The van der Waals surface area contributed by atoms with Crippen molar-refractivity contribution in [1.82, 2.24) is 4.90 Å². The first kappa shape index (κ1) is 14.7. The van der Waals surface area contributed by atoms with Crippen LogP contribution in [0.4, 0.5) is 10.5 Å². The third-order valence-corrected chi connectivity index (χ3v) is 3.88. The quantitative estimate of drug-likeness (QED) is 0.891. The normalized spacial score (nSPS) is 22.4. The van der Waals surface area contributed by atoms with Crippen LogP contribution in [0.2, 0.25) is 0 Å². The fourth-order valence-corrected chi connectivity index (χ4v) is 2.81. The second-order valence-electron chi connectivity index (χ2n) is 5.21. The molecule has 5 nitrogen and oxygen atoms in total. The molecular formula is C15H23N3O2. The van der Waals surface area contributed by atoms with E-state index < -0.39 is 0 Å². The number of nitrogens with two attached hydrogens (primary N) is 1. The molecule has 2 atom stereocenters. The molecule has 1 aliphatic rings. The standard InChI is InChI=1S/C15H23N3O2/c1-11-6-5-7-12(10-16)18(11)15(19)17-13-8-3-4-9-14(13)20-2/h3-4,8-9,11-12H,5-7,10,16H2,1-2H3,(H,17,19). The van der Waals surface area contributed by atoms with Crippen LogP contribution in [0.1, 0.15) is 26.2 Å². The Morgan fingerprint density at radius 1 is 1.45 bits per heavy atom. The van der Waals surface area contributed by atoms with Gasteiger partial charge in [-0.2, -0.15) is 0 Å². The van der Waals surface area contributed by atoms with Crippen molar-refractivity contribution in [3.63, 3.8) is 0 Å². The van der Waals surface area contributed by atoms with Gasteiger partial charge in [-0.25, -0.2) is 4.79 Å². The summed E-state index contributed by atoms with van der Waals surface area (Å²) in [5.74, 6) is 0.662. The van der Waals surface area contributed by atoms with Gasteiger partial charge in [0.25, 0.3) is 0 Å². The molecule has 20 heavy (non-hydrogen) atoms. The number of carbonyl (C=O) groups is 1. The number of urea groups is 1. The van der Waals surface area contributed by atoms with Gasteiger partial charge in [0.2, 0.25) is 0 Å². The molecule has 110 valence electrons. The van der Waals surface area contributed by atoms with E-state index >= 15 is 0 Å². The molecule has 0 radical (unpaired) electrons. The molecule has 0 aromatic heterocycles. The van der Waals surface area contributed by atoms with Crippen LogP contribution in [-0.2, 0) is 0 Å². The number of amides is 2. The number of ether oxygens (including phenoxy) is 1. The zero-order chi connectivity index (χ0) is 14.5. The Bertz CT molecular complexity index is 464. The molecule has 0 bridgehead atoms. The Balaban J connectivity index is 2.13. The van der Waals surface area contributed by atoms with Gasteiger partial charge < -0.3 is 20.7 Å². The molecule has 5 heteroatoms. The number of methoxy groups -OCH3 is 1. The monoisotopic (exact) mass is 277 g/mol. The third-order valence-electron chi connectivity index (χ3n) is 3.88. The van der Waals surface area contributed by atoms with Crippen LogP contribution in [0.5, 0.6) is 5.75 Å². The van der Waals surface area contributed by atoms with E-state index in [2.05, 4.69) is 12.2 Å². The van der Waals surface area contributed by atoms with Crippen molar-refractivity contribution in [1.29, 1.82) is 0 Å². The topological polar surface area (TPSA) is 67.6 Å². The molecule has 0 spiro atoms. The Hall–Kier alpha value is -1.75. The summed E-state index contributed by atoms with van der Waals surface area (Å²) in [5.41, 5.74) is 6.49. The van der Waals surface area contributed by atoms with Gasteiger partial charge >= 0.3 is 6.03 Å². The maximum absolute atomic E-state index is 12.5. The minimum absolute atomic E-state index is 0.0999. The van der Waals surface area contributed by atoms with E-state index in [0.29, 0.717) is 18.0 Å². The average Bonchev–Trinajstić information content (AvgIpc) is 2.47. The number of benzene rings is 1. The maximum atomic E-state index is 12.5. The van der Waals surface area contributed by atoms with Crippen molar-refractivity contribution < 1.29 is 9.53 Å². The number of anilines is 1. The summed E-state index contributed by atoms with van der Waals surface area (Å²) in [7, 11) is 1.59. The lowest BCUT2D eigenvalue weighted by atomic mass is 9.97. The molecule has 1 aliphatic heterocycles. The number of piperidine rings is 1. The molecule has 3 N–H and O–H groups in total. The fraction of sp³-hybridized carbons (Fsp3) is 0.533. The van der Waals surface area contributed by atoms with Crippen LogP contribution in [0.15, 0.2) is 24.3 Å². The van der Waals surface area contributed by atoms with Gasteiger partial charge in [0.15, 0.2) is 0 Å². The van der Waals surface area contributed by atoms with Crippen molar-refractivity contribution in [2.45, 2.75) is 38.3 Å². The minimum atomic E-state index is -0.0999. The fourth-order valence-electron chi connectivity index (χ4n) is 2.81. The van der Waals surface area contributed by atoms with Crippen LogP contribution in [0, 0.1) is 0 Å². The van der Waals surface area contributed by atoms with E-state index in [0.717, 1.165) is 19.3 Å². The number of rotatable bonds is 3. The Morgan fingerprint density at radius 2 is 2.20 bits per heavy atom. The molecule has 1 saturated heterocycles. The van der Waals surface area contributed by atoms with Crippen molar-refractivity contribution in [3.05, 3.63) is 24.3 Å². The maximum Gasteiger partial charge on any atom is 0.322 e. The lowest BCUT2D eigenvalue weighted by Gasteiger charge is -2.40. The second-order valence-corrected chi connectivity index (χ2v) is 5.21. The average molecular weight is 277 g/mol. The van der Waals surface area contributed by atoms with Crippen molar-refractivity contribution in [2.24, 2.45) is 5.73 Å². The highest BCUT2D eigenvalue weighted by Gasteiger charge is 2.31. The summed E-state index contributed by atoms with van der Waals surface area (Å²) in [6.07, 6.45) is 3.12. The lowest BCUT2D eigenvalue weighted by Crippen LogP contribution is -2.53. The van der Waals surface area contributed by atoms with Gasteiger partial charge in [-0.05, 0) is 38.3 Å². The summed E-state index contributed by atoms with van der Waals surface area (Å²) >= 11 is 0. The molecule has 0 saturated carbocycles. The number of nitrogens with zero attached hydrogens (tertiary/aromatic N) is 1. The largest absolute Gasteiger partial charge is 0.495 e. The molecular weight excluding hydrogens is 254 g/mol. The summed E-state index contributed by atoms with van der Waals surface area (Å²) in [4.78, 5) is 14.4. The molecule has 1 aromatic rings. The van der Waals surface area contributed by atoms with Crippen LogP contribution in [-0.4, -0.2) is 36.7 Å². The Morgan fingerprint density at radius 3 is 2.90 bits per heavy atom. The van der Waals surface area contributed by atoms with E-state index in [1.807, 2.05) is 29.2 Å². The van der Waals surface area contributed by atoms with Crippen molar-refractivity contribution in [3.8, 4) is 5.75 Å². The minimum Gasteiger partial charge on any atom is -0.495 e. The van der Waals surface area contributed by atoms with E-state index in [-0.39, 0.29) is 18.1 Å². The molecule has 2 unspecified atom stereocenters. The van der Waals surface area contributed by atoms with Crippen LogP contribution >= 0.6 is 0 Å². The highest BCUT2D eigenvalue weighted by molar-refractivity contribution is 5.91. The van der Waals surface area contributed by atoms with Gasteiger partial charge in [0.05, 0.1) is 12.8 Å². The summed E-state index contributed by atoms with van der Waals surface area (Å²) in [6, 6.07) is 7.65. The SMILES string of the molecule is COc1ccccc1NC(=O)N1C(C)CCCC1CN. The highest BCUT2D eigenvalue weighted by atomic mass is 16.5. The van der Waals surface area contributed by atoms with Gasteiger partial charge in [-0.1, -0.05) is 12.1 Å². The van der Waals surface area contributed by atoms with Crippen LogP contribution in [0.25, 0.3) is 0 Å². The van der Waals surface area contributed by atoms with Crippen molar-refractivity contribution in [2.75, 3.05) is 19.0 Å². The second kappa shape index (κ2) is 6.61. The van der Waals surface area contributed by atoms with E-state index in [1.165, 1.54) is 0 Å². The first-order valence-corrected chi connectivity index (χ1v) is 7.09. The number of likely N-dealkylation sites (tertiary alicyclic amines) is 1. The summed E-state index contributed by atoms with van der Waals surface area (Å²) in [5, 5.41) is 2.93. The number of hydrogen-bond donors (Lipinski definition) is 2. The predicted molar refractivity (Wildman–Crippen MR) is 80.0 cm³/mol. The highest BCUT2D eigenvalue weighted by Crippen LogP contribution is 2.26. The number of para-hydroxylation sites is 2. The van der Waals surface area contributed by atoms with E-state index in [9.17, 15) is 4.79 Å². The first-order valence-electron chi connectivity index (χ1n) is 7.09. The van der Waals surface area contributed by atoms with Gasteiger partial charge in [-0.3, -0.25) is 0 Å². The molecule has 2 amide bonds. The van der Waals surface area contributed by atoms with E-state index in [1.54, 1.807) is 7.11 Å². The molecule has 2 rings (SSSR count). The smallest absolute Gasteiger partial charge is 0.322 e. The van der Waals surface area contributed by atoms with Crippen LogP contribution < -0.4 is 15.8 Å². The number of nitrogens with one attached hydrogen (secondary N) is 1. The number of hydrogen-bond acceptors (Lipinski definition) is 3. The predicted octanol–water partition coefficient (Wildman–Crippen LogP) is 2.43. The van der Waals surface area contributed by atoms with Crippen LogP contribution in [0.3, 0.4) is 0 Å². The number of carbonyl (C=O) groups excluding carboxylic acids is 1. The summed E-state index contributed by atoms with van der Waals surface area (Å²) < 4.78 is 5.26.